The van der Waals surface area contributed by atoms with Crippen LogP contribution in [0.25, 0.3) is 0 Å². The Bertz CT molecular complexity index is 576. The second kappa shape index (κ2) is 7.73. The maximum absolute atomic E-state index is 12.5. The van der Waals surface area contributed by atoms with Crippen molar-refractivity contribution in [3.8, 4) is 0 Å². The van der Waals surface area contributed by atoms with Crippen LogP contribution in [-0.2, 0) is 20.8 Å². The first-order valence-electron chi connectivity index (χ1n) is 7.58. The van der Waals surface area contributed by atoms with Gasteiger partial charge in [0.1, 0.15) is 12.6 Å². The van der Waals surface area contributed by atoms with Crippen LogP contribution in [0.2, 0.25) is 0 Å². The molecule has 1 fully saturated rings. The average Bonchev–Trinajstić information content (AvgIpc) is 3.02. The molecule has 2 amide bonds. The van der Waals surface area contributed by atoms with Crippen molar-refractivity contribution in [3.05, 3.63) is 35.9 Å². The minimum atomic E-state index is -1.12. The zero-order valence-corrected chi connectivity index (χ0v) is 12.8. The number of carbonyl (C=O) groups excluding carboxylic acids is 2. The monoisotopic (exact) mass is 319 g/mol. The van der Waals surface area contributed by atoms with E-state index in [-0.39, 0.29) is 5.91 Å². The zero-order valence-electron chi connectivity index (χ0n) is 12.8. The molecule has 2 rings (SSSR count). The molecule has 0 bridgehead atoms. The zero-order chi connectivity index (χ0) is 16.8. The van der Waals surface area contributed by atoms with Crippen LogP contribution in [0.15, 0.2) is 30.3 Å². The van der Waals surface area contributed by atoms with E-state index in [1.807, 2.05) is 30.3 Å². The van der Waals surface area contributed by atoms with Crippen LogP contribution < -0.4 is 11.1 Å². The third-order valence-electron chi connectivity index (χ3n) is 3.87. The molecule has 1 aromatic carbocycles. The summed E-state index contributed by atoms with van der Waals surface area (Å²) in [6.45, 7) is 0.0138. The van der Waals surface area contributed by atoms with Crippen molar-refractivity contribution in [3.63, 3.8) is 0 Å². The van der Waals surface area contributed by atoms with Crippen LogP contribution >= 0.6 is 0 Å². The lowest BCUT2D eigenvalue weighted by atomic mass is 10.1. The molecule has 0 radical (unpaired) electrons. The fraction of sp³-hybridized carbons (Fsp3) is 0.438. The molecule has 1 saturated heterocycles. The normalized spacial score (nSPS) is 18.5. The third kappa shape index (κ3) is 4.53. The minimum absolute atomic E-state index is 0.276. The van der Waals surface area contributed by atoms with Crippen LogP contribution in [0.4, 0.5) is 0 Å². The Morgan fingerprint density at radius 3 is 2.65 bits per heavy atom. The molecule has 7 nitrogen and oxygen atoms in total. The number of carboxylic acids is 1. The van der Waals surface area contributed by atoms with Crippen molar-refractivity contribution in [1.82, 2.24) is 10.2 Å². The number of nitrogens with zero attached hydrogens (tertiary/aromatic N) is 1. The highest BCUT2D eigenvalue weighted by molar-refractivity contribution is 5.91. The van der Waals surface area contributed by atoms with Crippen molar-refractivity contribution in [1.29, 1.82) is 0 Å². The molecule has 2 atom stereocenters. The average molecular weight is 319 g/mol. The molecule has 1 aliphatic heterocycles. The molecule has 1 heterocycles. The summed E-state index contributed by atoms with van der Waals surface area (Å²) in [5.74, 6) is -1.83. The highest BCUT2D eigenvalue weighted by Crippen LogP contribution is 2.19. The van der Waals surface area contributed by atoms with Gasteiger partial charge in [-0.25, -0.2) is 0 Å². The smallest absolute Gasteiger partial charge is 0.322 e. The Kier molecular flexibility index (Phi) is 5.70. The maximum Gasteiger partial charge on any atom is 0.322 e. The van der Waals surface area contributed by atoms with Gasteiger partial charge in [-0.15, -0.1) is 0 Å². The fourth-order valence-electron chi connectivity index (χ4n) is 2.75. The molecule has 0 saturated carbocycles. The van der Waals surface area contributed by atoms with Crippen molar-refractivity contribution in [2.45, 2.75) is 31.3 Å². The van der Waals surface area contributed by atoms with E-state index >= 15 is 0 Å². The molecule has 1 aromatic rings. The van der Waals surface area contributed by atoms with E-state index in [1.54, 1.807) is 0 Å². The van der Waals surface area contributed by atoms with Gasteiger partial charge >= 0.3 is 5.97 Å². The van der Waals surface area contributed by atoms with E-state index in [2.05, 4.69) is 5.32 Å². The Labute approximate surface area is 134 Å². The summed E-state index contributed by atoms with van der Waals surface area (Å²) in [7, 11) is 0. The summed E-state index contributed by atoms with van der Waals surface area (Å²) in [4.78, 5) is 36.5. The molecule has 4 N–H and O–H groups in total. The number of amides is 2. The van der Waals surface area contributed by atoms with Gasteiger partial charge in [0, 0.05) is 6.54 Å². The Morgan fingerprint density at radius 2 is 2.00 bits per heavy atom. The summed E-state index contributed by atoms with van der Waals surface area (Å²) < 4.78 is 0. The summed E-state index contributed by atoms with van der Waals surface area (Å²) in [6.07, 6.45) is 1.63. The van der Waals surface area contributed by atoms with Crippen LogP contribution in [-0.4, -0.2) is 53.0 Å². The lowest BCUT2D eigenvalue weighted by Crippen LogP contribution is -2.52. The number of nitrogens with two attached hydrogens (primary N) is 1. The summed E-state index contributed by atoms with van der Waals surface area (Å²) in [5, 5.41) is 10.9. The third-order valence-corrected chi connectivity index (χ3v) is 3.87. The van der Waals surface area contributed by atoms with Crippen LogP contribution in [0, 0.1) is 0 Å². The number of hydrogen-bond donors (Lipinski definition) is 3. The Hall–Kier alpha value is -2.41. The lowest BCUT2D eigenvalue weighted by molar-refractivity contribution is -0.141. The van der Waals surface area contributed by atoms with Gasteiger partial charge in [-0.3, -0.25) is 14.4 Å². The summed E-state index contributed by atoms with van der Waals surface area (Å²) in [6, 6.07) is 8.09. The molecule has 0 aliphatic carbocycles. The van der Waals surface area contributed by atoms with E-state index in [0.29, 0.717) is 25.8 Å². The van der Waals surface area contributed by atoms with Gasteiger partial charge in [0.2, 0.25) is 11.8 Å². The first-order valence-corrected chi connectivity index (χ1v) is 7.58. The number of hydrogen-bond acceptors (Lipinski definition) is 4. The van der Waals surface area contributed by atoms with Gasteiger partial charge in [-0.05, 0) is 24.8 Å². The molecular weight excluding hydrogens is 298 g/mol. The van der Waals surface area contributed by atoms with Crippen LogP contribution in [0.5, 0.6) is 0 Å². The predicted octanol–water partition coefficient (Wildman–Crippen LogP) is -0.252. The Morgan fingerprint density at radius 1 is 1.30 bits per heavy atom. The van der Waals surface area contributed by atoms with Gasteiger partial charge in [-0.1, -0.05) is 30.3 Å². The molecule has 0 aromatic heterocycles. The van der Waals surface area contributed by atoms with E-state index in [9.17, 15) is 14.4 Å². The molecular formula is C16H21N3O4. The molecule has 23 heavy (non-hydrogen) atoms. The van der Waals surface area contributed by atoms with Crippen LogP contribution in [0.1, 0.15) is 18.4 Å². The van der Waals surface area contributed by atoms with Crippen molar-refractivity contribution < 1.29 is 19.5 Å². The highest BCUT2D eigenvalue weighted by atomic mass is 16.4. The second-order valence-electron chi connectivity index (χ2n) is 5.60. The second-order valence-corrected chi connectivity index (χ2v) is 5.60. The summed E-state index contributed by atoms with van der Waals surface area (Å²) >= 11 is 0. The standard InChI is InChI=1S/C16H21N3O4/c17-12(9-11-5-2-1-3-6-11)16(23)19-8-4-7-13(19)15(22)18-10-14(20)21/h1-3,5-6,12-13H,4,7-10,17H2,(H,18,22)(H,20,21). The molecule has 2 unspecified atom stereocenters. The lowest BCUT2D eigenvalue weighted by Gasteiger charge is -2.26. The highest BCUT2D eigenvalue weighted by Gasteiger charge is 2.36. The van der Waals surface area contributed by atoms with E-state index < -0.39 is 30.5 Å². The number of carbonyl (C=O) groups is 3. The SMILES string of the molecule is NC(Cc1ccccc1)C(=O)N1CCCC1C(=O)NCC(=O)O. The van der Waals surface area contributed by atoms with Gasteiger partial charge in [-0.2, -0.15) is 0 Å². The van der Waals surface area contributed by atoms with Gasteiger partial charge in [0.25, 0.3) is 0 Å². The number of carboxylic acid groups (broad SMARTS) is 1. The van der Waals surface area contributed by atoms with Crippen molar-refractivity contribution in [2.75, 3.05) is 13.1 Å². The van der Waals surface area contributed by atoms with E-state index in [1.165, 1.54) is 4.90 Å². The summed E-state index contributed by atoms with van der Waals surface area (Å²) in [5.41, 5.74) is 6.95. The van der Waals surface area contributed by atoms with Crippen molar-refractivity contribution >= 4 is 17.8 Å². The topological polar surface area (TPSA) is 113 Å². The largest absolute Gasteiger partial charge is 0.480 e. The molecule has 7 heteroatoms. The molecule has 1 aliphatic rings. The van der Waals surface area contributed by atoms with E-state index in [4.69, 9.17) is 10.8 Å². The Balaban J connectivity index is 1.96. The predicted molar refractivity (Wildman–Crippen MR) is 83.5 cm³/mol. The molecule has 124 valence electrons. The molecule has 0 spiro atoms. The van der Waals surface area contributed by atoms with Gasteiger partial charge in [0.05, 0.1) is 6.04 Å². The number of rotatable bonds is 6. The number of likely N-dealkylation sites (tertiary alicyclic amines) is 1. The quantitative estimate of drug-likeness (QED) is 0.669. The first-order chi connectivity index (χ1) is 11.0. The van der Waals surface area contributed by atoms with Crippen LogP contribution in [0.3, 0.4) is 0 Å². The number of nitrogens with one attached hydrogen (secondary N) is 1. The van der Waals surface area contributed by atoms with Gasteiger partial charge < -0.3 is 21.1 Å². The fourth-order valence-corrected chi connectivity index (χ4v) is 2.75. The maximum atomic E-state index is 12.5. The van der Waals surface area contributed by atoms with Gasteiger partial charge in [0.15, 0.2) is 0 Å². The number of benzene rings is 1. The first kappa shape index (κ1) is 17.0. The van der Waals surface area contributed by atoms with E-state index in [0.717, 1.165) is 5.56 Å². The van der Waals surface area contributed by atoms with Crippen molar-refractivity contribution in [2.24, 2.45) is 5.73 Å². The minimum Gasteiger partial charge on any atom is -0.480 e. The number of aliphatic carboxylic acids is 1.